The molecule has 0 aromatic heterocycles. The van der Waals surface area contributed by atoms with Crippen LogP contribution in [-0.2, 0) is 57.1 Å². The van der Waals surface area contributed by atoms with Crippen LogP contribution in [0.15, 0.2) is 0 Å². The van der Waals surface area contributed by atoms with Gasteiger partial charge in [-0.15, -0.1) is 0 Å². The molecule has 0 aromatic rings. The third kappa shape index (κ3) is 7.37. The fourth-order valence-corrected chi connectivity index (χ4v) is 4.50. The normalized spacial score (nSPS) is 27.9. The van der Waals surface area contributed by atoms with Crippen LogP contribution in [0.1, 0.15) is 40.5 Å². The molecule has 0 spiro atoms. The number of esters is 5. The fourth-order valence-electron chi connectivity index (χ4n) is 4.34. The number of nitrogens with one attached hydrogen (secondary N) is 1. The van der Waals surface area contributed by atoms with Crippen molar-refractivity contribution in [2.24, 2.45) is 0 Å². The molecule has 1 amide bonds. The summed E-state index contributed by atoms with van der Waals surface area (Å²) < 4.78 is 33.7. The van der Waals surface area contributed by atoms with Gasteiger partial charge in [-0.05, 0) is 6.42 Å². The highest BCUT2D eigenvalue weighted by atomic mass is 35.6. The standard InChI is InChI=1S/C22H30Cl3NO14/c1-7-8-19(26-18(32)37-10-20(23,24)25)21(16(30)34-5,39-13(4)29)15(38-12(3)28)14(9-36-11(2)27)40-22(19,33)17(31)35-6/h14-15,33H,7-10H2,1-6H3,(H,26,32)/t14-,15-,19+,21-,22-/m1/s1. The van der Waals surface area contributed by atoms with Crippen LogP contribution >= 0.6 is 34.8 Å². The van der Waals surface area contributed by atoms with Gasteiger partial charge in [-0.3, -0.25) is 14.4 Å². The molecule has 1 aliphatic heterocycles. The number of alkyl carbamates (subject to hydrolysis) is 1. The van der Waals surface area contributed by atoms with Crippen LogP contribution in [0.5, 0.6) is 0 Å². The van der Waals surface area contributed by atoms with Gasteiger partial charge < -0.3 is 43.6 Å². The molecule has 1 aliphatic rings. The molecule has 0 unspecified atom stereocenters. The second kappa shape index (κ2) is 13.9. The molecular weight excluding hydrogens is 609 g/mol. The van der Waals surface area contributed by atoms with E-state index in [1.54, 1.807) is 0 Å². The highest BCUT2D eigenvalue weighted by molar-refractivity contribution is 6.67. The molecule has 1 saturated heterocycles. The van der Waals surface area contributed by atoms with Gasteiger partial charge in [0.15, 0.2) is 11.6 Å². The third-order valence-corrected chi connectivity index (χ3v) is 5.91. The number of hydrogen-bond acceptors (Lipinski definition) is 14. The summed E-state index contributed by atoms with van der Waals surface area (Å²) in [6.45, 7) is 2.48. The maximum absolute atomic E-state index is 13.7. The van der Waals surface area contributed by atoms with Gasteiger partial charge in [0.25, 0.3) is 11.4 Å². The number of amides is 1. The van der Waals surface area contributed by atoms with Crippen molar-refractivity contribution >= 4 is 70.7 Å². The summed E-state index contributed by atoms with van der Waals surface area (Å²) in [7, 11) is 1.66. The summed E-state index contributed by atoms with van der Waals surface area (Å²) >= 11 is 16.9. The van der Waals surface area contributed by atoms with Crippen LogP contribution in [-0.4, -0.2) is 101 Å². The molecule has 0 aliphatic carbocycles. The maximum atomic E-state index is 13.7. The first-order chi connectivity index (χ1) is 18.4. The molecule has 0 aromatic carbocycles. The summed E-state index contributed by atoms with van der Waals surface area (Å²) in [5, 5.41) is 14.0. The van der Waals surface area contributed by atoms with Crippen molar-refractivity contribution in [1.29, 1.82) is 0 Å². The monoisotopic (exact) mass is 637 g/mol. The molecule has 5 atom stereocenters. The Balaban J connectivity index is 4.26. The second-order valence-corrected chi connectivity index (χ2v) is 10.9. The Kier molecular flexibility index (Phi) is 12.3. The first-order valence-corrected chi connectivity index (χ1v) is 12.6. The first-order valence-electron chi connectivity index (χ1n) is 11.5. The van der Waals surface area contributed by atoms with E-state index in [9.17, 15) is 33.9 Å². The van der Waals surface area contributed by atoms with Crippen LogP contribution < -0.4 is 5.32 Å². The Morgan fingerprint density at radius 1 is 0.925 bits per heavy atom. The summed E-state index contributed by atoms with van der Waals surface area (Å²) in [5.74, 6) is -9.82. The Labute approximate surface area is 243 Å². The van der Waals surface area contributed by atoms with E-state index in [2.05, 4.69) is 5.32 Å². The Morgan fingerprint density at radius 3 is 1.93 bits per heavy atom. The zero-order chi connectivity index (χ0) is 31.1. The highest BCUT2D eigenvalue weighted by Gasteiger charge is 2.82. The van der Waals surface area contributed by atoms with Gasteiger partial charge in [0.1, 0.15) is 19.3 Å². The van der Waals surface area contributed by atoms with E-state index >= 15 is 0 Å². The van der Waals surface area contributed by atoms with Gasteiger partial charge >= 0.3 is 35.9 Å². The van der Waals surface area contributed by atoms with Crippen molar-refractivity contribution in [3.05, 3.63) is 0 Å². The average Bonchev–Trinajstić information content (AvgIpc) is 2.84. The maximum Gasteiger partial charge on any atom is 0.408 e. The number of rotatable bonds is 10. The van der Waals surface area contributed by atoms with E-state index < -0.39 is 88.5 Å². The molecule has 228 valence electrons. The summed E-state index contributed by atoms with van der Waals surface area (Å²) in [6, 6.07) is 0. The molecule has 0 saturated carbocycles. The predicted octanol–water partition coefficient (Wildman–Crippen LogP) is 0.852. The van der Waals surface area contributed by atoms with Crippen molar-refractivity contribution in [2.75, 3.05) is 27.4 Å². The Hall–Kier alpha value is -2.59. The van der Waals surface area contributed by atoms with Gasteiger partial charge in [0.2, 0.25) is 3.79 Å². The minimum absolute atomic E-state index is 0.0885. The van der Waals surface area contributed by atoms with Crippen molar-refractivity contribution in [1.82, 2.24) is 5.32 Å². The molecule has 1 heterocycles. The lowest BCUT2D eigenvalue weighted by atomic mass is 9.63. The van der Waals surface area contributed by atoms with Gasteiger partial charge in [0.05, 0.1) is 14.2 Å². The first kappa shape index (κ1) is 35.4. The second-order valence-electron chi connectivity index (χ2n) is 8.42. The van der Waals surface area contributed by atoms with Crippen molar-refractivity contribution in [3.63, 3.8) is 0 Å². The van der Waals surface area contributed by atoms with Crippen LogP contribution in [0, 0.1) is 0 Å². The minimum Gasteiger partial charge on any atom is -0.466 e. The largest absolute Gasteiger partial charge is 0.466 e. The van der Waals surface area contributed by atoms with E-state index in [-0.39, 0.29) is 6.42 Å². The lowest BCUT2D eigenvalue weighted by Gasteiger charge is -2.59. The third-order valence-electron chi connectivity index (χ3n) is 5.58. The number of halogens is 3. The van der Waals surface area contributed by atoms with E-state index in [0.29, 0.717) is 0 Å². The Bertz CT molecular complexity index is 1000. The van der Waals surface area contributed by atoms with Crippen LogP contribution in [0.3, 0.4) is 0 Å². The van der Waals surface area contributed by atoms with Crippen LogP contribution in [0.25, 0.3) is 0 Å². The number of ether oxygens (including phenoxy) is 7. The van der Waals surface area contributed by atoms with E-state index in [0.717, 1.165) is 35.0 Å². The summed E-state index contributed by atoms with van der Waals surface area (Å²) in [5.41, 5.74) is -6.06. The van der Waals surface area contributed by atoms with E-state index in [4.69, 9.17) is 68.0 Å². The lowest BCUT2D eigenvalue weighted by Crippen LogP contribution is -2.89. The van der Waals surface area contributed by atoms with Crippen molar-refractivity contribution < 1.29 is 67.0 Å². The molecule has 0 bridgehead atoms. The van der Waals surface area contributed by atoms with E-state index in [1.165, 1.54) is 6.92 Å². The topological polar surface area (TPSA) is 199 Å². The number of methoxy groups -OCH3 is 2. The van der Waals surface area contributed by atoms with Gasteiger partial charge in [-0.25, -0.2) is 14.4 Å². The zero-order valence-corrected chi connectivity index (χ0v) is 24.6. The van der Waals surface area contributed by atoms with Gasteiger partial charge in [0, 0.05) is 20.8 Å². The predicted molar refractivity (Wildman–Crippen MR) is 133 cm³/mol. The van der Waals surface area contributed by atoms with Crippen molar-refractivity contribution in [2.45, 2.75) is 73.5 Å². The fraction of sp³-hybridized carbons (Fsp3) is 0.727. The van der Waals surface area contributed by atoms with Gasteiger partial charge in [-0.2, -0.15) is 0 Å². The molecule has 2 N–H and O–H groups in total. The number of alkyl halides is 3. The number of hydrogen-bond donors (Lipinski definition) is 2. The smallest absolute Gasteiger partial charge is 0.408 e. The quantitative estimate of drug-likeness (QED) is 0.194. The van der Waals surface area contributed by atoms with Crippen LogP contribution in [0.2, 0.25) is 0 Å². The van der Waals surface area contributed by atoms with E-state index in [1.807, 2.05) is 0 Å². The highest BCUT2D eigenvalue weighted by Crippen LogP contribution is 2.51. The minimum atomic E-state index is -3.44. The lowest BCUT2D eigenvalue weighted by molar-refractivity contribution is -0.360. The van der Waals surface area contributed by atoms with Crippen LogP contribution in [0.4, 0.5) is 4.79 Å². The average molecular weight is 639 g/mol. The molecule has 1 rings (SSSR count). The molecular formula is C22H30Cl3NO14. The summed E-state index contributed by atoms with van der Waals surface area (Å²) in [6.07, 6.45) is -6.28. The number of carbonyl (C=O) groups excluding carboxylic acids is 6. The molecule has 0 radical (unpaired) electrons. The van der Waals surface area contributed by atoms with Crippen molar-refractivity contribution in [3.8, 4) is 0 Å². The molecule has 15 nitrogen and oxygen atoms in total. The molecule has 1 fully saturated rings. The molecule has 40 heavy (non-hydrogen) atoms. The molecule has 18 heteroatoms. The number of carbonyl (C=O) groups is 6. The van der Waals surface area contributed by atoms with Gasteiger partial charge in [-0.1, -0.05) is 48.1 Å². The Morgan fingerprint density at radius 2 is 1.50 bits per heavy atom. The summed E-state index contributed by atoms with van der Waals surface area (Å²) in [4.78, 5) is 76.4. The SMILES string of the molecule is CCC[C@@]1(NC(=O)OCC(Cl)(Cl)Cl)[C@@](O)(C(=O)OC)O[C@H](COC(C)=O)[C@@H](OC(C)=O)[C@@]1(OC(C)=O)C(=O)OC. The zero-order valence-electron chi connectivity index (χ0n) is 22.4. The number of aliphatic hydroxyl groups is 1.